The summed E-state index contributed by atoms with van der Waals surface area (Å²) in [4.78, 5) is 15.4. The molecule has 3 aromatic carbocycles. The Morgan fingerprint density at radius 3 is 2.23 bits per heavy atom. The summed E-state index contributed by atoms with van der Waals surface area (Å²) in [7, 11) is 3.11. The van der Waals surface area contributed by atoms with Crippen LogP contribution in [0.1, 0.15) is 10.4 Å². The molecule has 4 rings (SSSR count). The van der Waals surface area contributed by atoms with Gasteiger partial charge in [0.25, 0.3) is 5.91 Å². The van der Waals surface area contributed by atoms with Crippen LogP contribution in [0.4, 0.5) is 11.4 Å². The lowest BCUT2D eigenvalue weighted by Crippen LogP contribution is -2.26. The van der Waals surface area contributed by atoms with Crippen molar-refractivity contribution in [2.75, 3.05) is 48.9 Å². The van der Waals surface area contributed by atoms with Crippen molar-refractivity contribution in [1.82, 2.24) is 4.31 Å². The van der Waals surface area contributed by atoms with Gasteiger partial charge in [-0.2, -0.15) is 11.8 Å². The topological polar surface area (TPSA) is 62.8 Å². The maximum Gasteiger partial charge on any atom is 0.257 e. The monoisotopic (exact) mass is 547 g/mol. The van der Waals surface area contributed by atoms with Gasteiger partial charge >= 0.3 is 0 Å². The van der Waals surface area contributed by atoms with Crippen LogP contribution in [0.5, 0.6) is 11.5 Å². The predicted molar refractivity (Wildman–Crippen MR) is 150 cm³/mol. The molecule has 35 heavy (non-hydrogen) atoms. The number of amides is 1. The fourth-order valence-corrected chi connectivity index (χ4v) is 6.20. The van der Waals surface area contributed by atoms with E-state index in [1.165, 1.54) is 23.5 Å². The third-order valence-electron chi connectivity index (χ3n) is 5.18. The SMILES string of the molecule is COc1cc(NSc2ccc(Cl)cc2)c(C(=O)Nc2ccc(SN3CCSCC3)cc2)cc1OC. The van der Waals surface area contributed by atoms with Crippen molar-refractivity contribution >= 4 is 64.5 Å². The number of carbonyl (C=O) groups excluding carboxylic acids is 1. The van der Waals surface area contributed by atoms with Crippen molar-refractivity contribution in [3.63, 3.8) is 0 Å². The third-order valence-corrected chi connectivity index (χ3v) is 8.31. The minimum atomic E-state index is -0.251. The van der Waals surface area contributed by atoms with Crippen molar-refractivity contribution in [2.24, 2.45) is 0 Å². The molecule has 0 aromatic heterocycles. The minimum absolute atomic E-state index is 0.251. The molecule has 0 saturated carbocycles. The highest BCUT2D eigenvalue weighted by Crippen LogP contribution is 2.36. The van der Waals surface area contributed by atoms with Gasteiger partial charge in [-0.05, 0) is 78.5 Å². The molecule has 3 aromatic rings. The first-order valence-corrected chi connectivity index (χ1v) is 14.0. The van der Waals surface area contributed by atoms with E-state index in [1.54, 1.807) is 38.3 Å². The first-order valence-electron chi connectivity index (χ1n) is 10.9. The fourth-order valence-electron chi connectivity index (χ4n) is 3.35. The number of hydrogen-bond donors (Lipinski definition) is 2. The second kappa shape index (κ2) is 12.7. The molecule has 0 bridgehead atoms. The van der Waals surface area contributed by atoms with Crippen molar-refractivity contribution in [2.45, 2.75) is 9.79 Å². The van der Waals surface area contributed by atoms with Crippen LogP contribution in [0.25, 0.3) is 0 Å². The Hall–Kier alpha value is -2.17. The third kappa shape index (κ3) is 7.17. The quantitative estimate of drug-likeness (QED) is 0.284. The lowest BCUT2D eigenvalue weighted by Gasteiger charge is -2.24. The van der Waals surface area contributed by atoms with E-state index in [0.29, 0.717) is 27.8 Å². The zero-order chi connectivity index (χ0) is 24.6. The summed E-state index contributed by atoms with van der Waals surface area (Å²) in [5.41, 5.74) is 1.77. The summed E-state index contributed by atoms with van der Waals surface area (Å²) in [6.45, 7) is 2.16. The smallest absolute Gasteiger partial charge is 0.257 e. The number of rotatable bonds is 9. The number of anilines is 2. The highest BCUT2D eigenvalue weighted by Gasteiger charge is 2.18. The second-order valence-electron chi connectivity index (χ2n) is 7.52. The number of methoxy groups -OCH3 is 2. The maximum atomic E-state index is 13.3. The average molecular weight is 548 g/mol. The molecule has 184 valence electrons. The molecule has 1 amide bonds. The average Bonchev–Trinajstić information content (AvgIpc) is 2.89. The van der Waals surface area contributed by atoms with E-state index in [2.05, 4.69) is 14.3 Å². The van der Waals surface area contributed by atoms with E-state index in [9.17, 15) is 4.79 Å². The molecule has 2 N–H and O–H groups in total. The molecule has 1 saturated heterocycles. The second-order valence-corrected chi connectivity index (χ2v) is 11.2. The van der Waals surface area contributed by atoms with Gasteiger partial charge in [0.05, 0.1) is 25.5 Å². The molecule has 1 heterocycles. The Bertz CT molecular complexity index is 1140. The zero-order valence-corrected chi connectivity index (χ0v) is 22.6. The Labute approximate surface area is 223 Å². The van der Waals surface area contributed by atoms with E-state index in [0.717, 1.165) is 28.6 Å². The Morgan fingerprint density at radius 2 is 1.57 bits per heavy atom. The number of thioether (sulfide) groups is 1. The Morgan fingerprint density at radius 1 is 0.943 bits per heavy atom. The first-order chi connectivity index (χ1) is 17.1. The first kappa shape index (κ1) is 25.9. The van der Waals surface area contributed by atoms with Gasteiger partial charge in [0.15, 0.2) is 11.5 Å². The number of nitrogens with zero attached hydrogens (tertiary/aromatic N) is 1. The summed E-state index contributed by atoms with van der Waals surface area (Å²) in [6.07, 6.45) is 0. The van der Waals surface area contributed by atoms with Gasteiger partial charge in [-0.3, -0.25) is 4.79 Å². The molecule has 6 nitrogen and oxygen atoms in total. The molecular formula is C25H26ClN3O3S3. The highest BCUT2D eigenvalue weighted by atomic mass is 35.5. The van der Waals surface area contributed by atoms with E-state index in [4.69, 9.17) is 21.1 Å². The number of halogens is 1. The number of nitrogens with one attached hydrogen (secondary N) is 2. The van der Waals surface area contributed by atoms with E-state index in [1.807, 2.05) is 60.3 Å². The summed E-state index contributed by atoms with van der Waals surface area (Å²) in [6, 6.07) is 18.8. The number of ether oxygens (including phenoxy) is 2. The molecular weight excluding hydrogens is 522 g/mol. The highest BCUT2D eigenvalue weighted by molar-refractivity contribution is 8.00. The largest absolute Gasteiger partial charge is 0.493 e. The number of hydrogen-bond acceptors (Lipinski definition) is 8. The van der Waals surface area contributed by atoms with Gasteiger partial charge < -0.3 is 19.5 Å². The zero-order valence-electron chi connectivity index (χ0n) is 19.4. The summed E-state index contributed by atoms with van der Waals surface area (Å²) in [5.74, 6) is 3.09. The molecule has 1 fully saturated rings. The molecule has 0 aliphatic carbocycles. The van der Waals surface area contributed by atoms with Crippen molar-refractivity contribution < 1.29 is 14.3 Å². The van der Waals surface area contributed by atoms with Crippen LogP contribution in [0.3, 0.4) is 0 Å². The standard InChI is InChI=1S/C25H26ClN3O3S3/c1-31-23-15-21(22(16-24(23)32-2)28-34-19-7-3-17(26)4-8-19)25(30)27-18-5-9-20(10-6-18)35-29-11-13-33-14-12-29/h3-10,15-16,28H,11-14H2,1-2H3,(H,27,30). The number of carbonyl (C=O) groups is 1. The maximum absolute atomic E-state index is 13.3. The van der Waals surface area contributed by atoms with Crippen molar-refractivity contribution in [3.8, 4) is 11.5 Å². The van der Waals surface area contributed by atoms with Crippen LogP contribution >= 0.6 is 47.3 Å². The fraction of sp³-hybridized carbons (Fsp3) is 0.240. The Balaban J connectivity index is 1.49. The van der Waals surface area contributed by atoms with Gasteiger partial charge in [-0.15, -0.1) is 0 Å². The van der Waals surface area contributed by atoms with E-state index >= 15 is 0 Å². The van der Waals surface area contributed by atoms with Crippen molar-refractivity contribution in [3.05, 3.63) is 71.2 Å². The van der Waals surface area contributed by atoms with Crippen LogP contribution in [0.2, 0.25) is 5.02 Å². The summed E-state index contributed by atoms with van der Waals surface area (Å²) < 4.78 is 16.5. The molecule has 0 atom stereocenters. The molecule has 0 unspecified atom stereocenters. The van der Waals surface area contributed by atoms with Crippen molar-refractivity contribution in [1.29, 1.82) is 0 Å². The molecule has 1 aliphatic rings. The van der Waals surface area contributed by atoms with Crippen LogP contribution in [-0.4, -0.2) is 49.0 Å². The Kier molecular flexibility index (Phi) is 9.39. The minimum Gasteiger partial charge on any atom is -0.493 e. The van der Waals surface area contributed by atoms with E-state index in [-0.39, 0.29) is 5.91 Å². The predicted octanol–water partition coefficient (Wildman–Crippen LogP) is 6.78. The molecule has 1 aliphatic heterocycles. The lowest BCUT2D eigenvalue weighted by atomic mass is 10.1. The lowest BCUT2D eigenvalue weighted by molar-refractivity contribution is 0.102. The molecule has 10 heteroatoms. The number of benzene rings is 3. The van der Waals surface area contributed by atoms with E-state index < -0.39 is 0 Å². The van der Waals surface area contributed by atoms with Crippen LogP contribution in [0.15, 0.2) is 70.5 Å². The summed E-state index contributed by atoms with van der Waals surface area (Å²) >= 11 is 11.1. The van der Waals surface area contributed by atoms with Crippen LogP contribution in [-0.2, 0) is 0 Å². The van der Waals surface area contributed by atoms with Gasteiger partial charge in [0.1, 0.15) is 0 Å². The molecule has 0 spiro atoms. The van der Waals surface area contributed by atoms with Gasteiger partial charge in [-0.25, -0.2) is 4.31 Å². The van der Waals surface area contributed by atoms with Crippen LogP contribution < -0.4 is 19.5 Å². The molecule has 0 radical (unpaired) electrons. The normalized spacial score (nSPS) is 13.8. The van der Waals surface area contributed by atoms with Gasteiger partial charge in [0.2, 0.25) is 0 Å². The van der Waals surface area contributed by atoms with Gasteiger partial charge in [0, 0.05) is 51.2 Å². The summed E-state index contributed by atoms with van der Waals surface area (Å²) in [5, 5.41) is 3.66. The van der Waals surface area contributed by atoms with Gasteiger partial charge in [-0.1, -0.05) is 11.6 Å². The van der Waals surface area contributed by atoms with Crippen LogP contribution in [0, 0.1) is 0 Å².